The maximum atomic E-state index is 5.37. The molecule has 1 aromatic heterocycles. The standard InChI is InChI=1S/C12H17BrN2S3/c1-12(2,3)9-8(13)11(16)15-10(14-9)7-6-17-4-5-18-7/h7H,4-6H2,1-3H3,(H,14,15,16). The van der Waals surface area contributed by atoms with Gasteiger partial charge in [0.1, 0.15) is 10.5 Å². The van der Waals surface area contributed by atoms with E-state index in [1.165, 1.54) is 11.5 Å². The molecule has 2 heterocycles. The molecule has 1 atom stereocenters. The second-order valence-corrected chi connectivity index (χ2v) is 8.94. The van der Waals surface area contributed by atoms with Crippen LogP contribution in [0.5, 0.6) is 0 Å². The Bertz CT molecular complexity index is 487. The molecule has 0 amide bonds. The van der Waals surface area contributed by atoms with Crippen LogP contribution in [0.1, 0.15) is 37.5 Å². The number of hydrogen-bond donors (Lipinski definition) is 1. The quantitative estimate of drug-likeness (QED) is 0.729. The van der Waals surface area contributed by atoms with Crippen molar-refractivity contribution in [1.29, 1.82) is 0 Å². The molecule has 0 aliphatic carbocycles. The van der Waals surface area contributed by atoms with Crippen molar-refractivity contribution >= 4 is 51.7 Å². The highest BCUT2D eigenvalue weighted by Gasteiger charge is 2.24. The fourth-order valence-electron chi connectivity index (χ4n) is 1.79. The minimum absolute atomic E-state index is 0.0383. The van der Waals surface area contributed by atoms with Crippen molar-refractivity contribution in [3.05, 3.63) is 20.6 Å². The Hall–Kier alpha value is 0.480. The van der Waals surface area contributed by atoms with Crippen LogP contribution in [-0.2, 0) is 5.41 Å². The number of halogens is 1. The lowest BCUT2D eigenvalue weighted by Gasteiger charge is -2.25. The van der Waals surface area contributed by atoms with E-state index in [0.717, 1.165) is 21.7 Å². The molecule has 0 spiro atoms. The van der Waals surface area contributed by atoms with E-state index in [2.05, 4.69) is 46.7 Å². The summed E-state index contributed by atoms with van der Waals surface area (Å²) in [7, 11) is 0. The Morgan fingerprint density at radius 1 is 1.39 bits per heavy atom. The number of rotatable bonds is 1. The number of nitrogens with one attached hydrogen (secondary N) is 1. The van der Waals surface area contributed by atoms with Gasteiger partial charge in [-0.1, -0.05) is 33.0 Å². The summed E-state index contributed by atoms with van der Waals surface area (Å²) in [6.45, 7) is 6.56. The largest absolute Gasteiger partial charge is 0.345 e. The van der Waals surface area contributed by atoms with Crippen LogP contribution in [0.4, 0.5) is 0 Å². The lowest BCUT2D eigenvalue weighted by Crippen LogP contribution is -2.19. The van der Waals surface area contributed by atoms with E-state index in [9.17, 15) is 0 Å². The fraction of sp³-hybridized carbons (Fsp3) is 0.667. The summed E-state index contributed by atoms with van der Waals surface area (Å²) in [5.41, 5.74) is 1.19. The van der Waals surface area contributed by atoms with E-state index >= 15 is 0 Å². The van der Waals surface area contributed by atoms with Gasteiger partial charge in [0, 0.05) is 28.4 Å². The van der Waals surface area contributed by atoms with Crippen molar-refractivity contribution in [3.8, 4) is 0 Å². The van der Waals surface area contributed by atoms with Gasteiger partial charge >= 0.3 is 0 Å². The molecule has 1 aliphatic rings. The highest BCUT2D eigenvalue weighted by molar-refractivity contribution is 9.10. The normalized spacial score (nSPS) is 21.0. The van der Waals surface area contributed by atoms with Crippen LogP contribution in [0.2, 0.25) is 0 Å². The lowest BCUT2D eigenvalue weighted by atomic mass is 9.92. The van der Waals surface area contributed by atoms with Gasteiger partial charge in [0.05, 0.1) is 9.72 Å². The van der Waals surface area contributed by atoms with E-state index in [4.69, 9.17) is 12.2 Å². The van der Waals surface area contributed by atoms with Crippen LogP contribution in [0.3, 0.4) is 0 Å². The number of thioether (sulfide) groups is 2. The van der Waals surface area contributed by atoms with Crippen LogP contribution in [0, 0.1) is 4.64 Å². The van der Waals surface area contributed by atoms with Gasteiger partial charge in [0.25, 0.3) is 0 Å². The average molecular weight is 365 g/mol. The van der Waals surface area contributed by atoms with Crippen LogP contribution in [0.25, 0.3) is 0 Å². The molecule has 6 heteroatoms. The minimum atomic E-state index is 0.0383. The number of nitrogens with zero attached hydrogens (tertiary/aromatic N) is 1. The van der Waals surface area contributed by atoms with Gasteiger partial charge in [0.15, 0.2) is 0 Å². The van der Waals surface area contributed by atoms with Gasteiger partial charge < -0.3 is 4.98 Å². The summed E-state index contributed by atoms with van der Waals surface area (Å²) in [6, 6.07) is 0. The molecule has 1 N–H and O–H groups in total. The van der Waals surface area contributed by atoms with Gasteiger partial charge in [-0.3, -0.25) is 0 Å². The van der Waals surface area contributed by atoms with Gasteiger partial charge in [0.2, 0.25) is 0 Å². The zero-order valence-electron chi connectivity index (χ0n) is 10.7. The van der Waals surface area contributed by atoms with E-state index in [1.54, 1.807) is 0 Å². The molecular formula is C12H17BrN2S3. The Morgan fingerprint density at radius 3 is 2.67 bits per heavy atom. The maximum absolute atomic E-state index is 5.37. The van der Waals surface area contributed by atoms with Crippen molar-refractivity contribution in [2.24, 2.45) is 0 Å². The molecule has 1 fully saturated rings. The van der Waals surface area contributed by atoms with Gasteiger partial charge in [-0.05, 0) is 15.9 Å². The van der Waals surface area contributed by atoms with Crippen molar-refractivity contribution in [2.45, 2.75) is 31.4 Å². The number of hydrogen-bond acceptors (Lipinski definition) is 4. The molecule has 1 aliphatic heterocycles. The monoisotopic (exact) mass is 364 g/mol. The Balaban J connectivity index is 2.44. The molecule has 2 nitrogen and oxygen atoms in total. The predicted molar refractivity (Wildman–Crippen MR) is 88.3 cm³/mol. The van der Waals surface area contributed by atoms with E-state index < -0.39 is 0 Å². The summed E-state index contributed by atoms with van der Waals surface area (Å²) >= 11 is 12.9. The summed E-state index contributed by atoms with van der Waals surface area (Å²) in [6.07, 6.45) is 0. The number of aromatic amines is 1. The molecular weight excluding hydrogens is 348 g/mol. The first-order valence-electron chi connectivity index (χ1n) is 5.89. The topological polar surface area (TPSA) is 28.7 Å². The van der Waals surface area contributed by atoms with E-state index in [1.807, 2.05) is 23.5 Å². The molecule has 1 aromatic rings. The van der Waals surface area contributed by atoms with Gasteiger partial charge in [-0.2, -0.15) is 11.8 Å². The smallest absolute Gasteiger partial charge is 0.144 e. The molecule has 0 bridgehead atoms. The molecule has 0 aromatic carbocycles. The second-order valence-electron chi connectivity index (χ2n) is 5.30. The zero-order valence-corrected chi connectivity index (χ0v) is 14.8. The predicted octanol–water partition coefficient (Wildman–Crippen LogP) is 4.72. The van der Waals surface area contributed by atoms with Crippen molar-refractivity contribution in [3.63, 3.8) is 0 Å². The van der Waals surface area contributed by atoms with E-state index in [0.29, 0.717) is 9.89 Å². The summed E-state index contributed by atoms with van der Waals surface area (Å²) in [4.78, 5) is 8.05. The maximum Gasteiger partial charge on any atom is 0.144 e. The summed E-state index contributed by atoms with van der Waals surface area (Å²) < 4.78 is 1.60. The Kier molecular flexibility index (Phi) is 4.84. The second kappa shape index (κ2) is 5.85. The number of H-pyrrole nitrogens is 1. The lowest BCUT2D eigenvalue weighted by molar-refractivity contribution is 0.557. The van der Waals surface area contributed by atoms with Gasteiger partial charge in [-0.15, -0.1) is 11.8 Å². The number of aromatic nitrogens is 2. The molecule has 100 valence electrons. The Labute approximate surface area is 130 Å². The highest BCUT2D eigenvalue weighted by atomic mass is 79.9. The summed E-state index contributed by atoms with van der Waals surface area (Å²) in [5.74, 6) is 4.59. The zero-order chi connectivity index (χ0) is 13.3. The molecule has 18 heavy (non-hydrogen) atoms. The molecule has 2 rings (SSSR count). The molecule has 0 radical (unpaired) electrons. The van der Waals surface area contributed by atoms with Crippen molar-refractivity contribution in [1.82, 2.24) is 9.97 Å². The fourth-order valence-corrected chi connectivity index (χ4v) is 5.40. The minimum Gasteiger partial charge on any atom is -0.345 e. The summed E-state index contributed by atoms with van der Waals surface area (Å²) in [5, 5.41) is 0.444. The SMILES string of the molecule is CC(C)(C)c1[nH]c(C2CSCCS2)nc(=S)c1Br. The van der Waals surface area contributed by atoms with E-state index in [-0.39, 0.29) is 5.41 Å². The Morgan fingerprint density at radius 2 is 2.11 bits per heavy atom. The first kappa shape index (κ1) is 14.9. The third-order valence-electron chi connectivity index (χ3n) is 2.75. The van der Waals surface area contributed by atoms with Crippen molar-refractivity contribution < 1.29 is 0 Å². The van der Waals surface area contributed by atoms with Crippen molar-refractivity contribution in [2.75, 3.05) is 17.3 Å². The van der Waals surface area contributed by atoms with Gasteiger partial charge in [-0.25, -0.2) is 4.98 Å². The molecule has 1 unspecified atom stereocenters. The van der Waals surface area contributed by atoms with Crippen LogP contribution >= 0.6 is 51.7 Å². The highest BCUT2D eigenvalue weighted by Crippen LogP contribution is 2.37. The van der Waals surface area contributed by atoms with Crippen LogP contribution in [0.15, 0.2) is 4.47 Å². The molecule has 0 saturated carbocycles. The first-order valence-corrected chi connectivity index (χ1v) is 9.29. The van der Waals surface area contributed by atoms with Crippen LogP contribution < -0.4 is 0 Å². The third-order valence-corrected chi connectivity index (χ3v) is 6.85. The molecule has 1 saturated heterocycles. The average Bonchev–Trinajstić information content (AvgIpc) is 2.32. The third kappa shape index (κ3) is 3.32. The first-order chi connectivity index (χ1) is 8.39. The van der Waals surface area contributed by atoms with Crippen LogP contribution in [-0.4, -0.2) is 27.2 Å².